The largest absolute Gasteiger partial charge is 0.376 e. The van der Waals surface area contributed by atoms with Gasteiger partial charge in [-0.1, -0.05) is 30.3 Å². The van der Waals surface area contributed by atoms with E-state index in [0.29, 0.717) is 12.1 Å². The third kappa shape index (κ3) is 3.62. The van der Waals surface area contributed by atoms with Crippen LogP contribution >= 0.6 is 0 Å². The molecule has 0 saturated carbocycles. The number of fused-ring (bicyclic) bond motifs is 1. The molecule has 0 bridgehead atoms. The van der Waals surface area contributed by atoms with Gasteiger partial charge in [-0.3, -0.25) is 4.79 Å². The molecular formula is C23H26N2O2. The second kappa shape index (κ2) is 7.57. The molecule has 1 saturated heterocycles. The van der Waals surface area contributed by atoms with E-state index in [0.717, 1.165) is 31.4 Å². The van der Waals surface area contributed by atoms with Gasteiger partial charge in [-0.05, 0) is 56.0 Å². The van der Waals surface area contributed by atoms with Crippen LogP contribution < -0.4 is 5.32 Å². The molecule has 1 amide bonds. The van der Waals surface area contributed by atoms with Crippen molar-refractivity contribution in [3.8, 4) is 0 Å². The molecule has 0 spiro atoms. The fourth-order valence-corrected chi connectivity index (χ4v) is 3.87. The summed E-state index contributed by atoms with van der Waals surface area (Å²) < 4.78 is 7.91. The minimum absolute atomic E-state index is 0.0275. The lowest BCUT2D eigenvalue weighted by Crippen LogP contribution is -2.31. The van der Waals surface area contributed by atoms with Crippen LogP contribution in [0.1, 0.15) is 40.0 Å². The zero-order chi connectivity index (χ0) is 18.8. The molecule has 1 N–H and O–H groups in total. The number of carbonyl (C=O) groups excluding carboxylic acids is 1. The van der Waals surface area contributed by atoms with Crippen LogP contribution in [0.4, 0.5) is 0 Å². The predicted octanol–water partition coefficient (Wildman–Crippen LogP) is 4.22. The molecule has 1 atom stereocenters. The lowest BCUT2D eigenvalue weighted by atomic mass is 10.1. The Balaban J connectivity index is 1.59. The highest BCUT2D eigenvalue weighted by Gasteiger charge is 2.18. The minimum atomic E-state index is -0.0275. The van der Waals surface area contributed by atoms with Crippen LogP contribution in [0.15, 0.2) is 48.5 Å². The standard InChI is InChI=1S/C23H26N2O2/c1-16-17(2)25(15-18-7-4-3-5-8-18)22-11-10-19(13-21(16)22)23(26)24-14-20-9-6-12-27-20/h3-5,7-8,10-11,13,20H,6,9,12,14-15H2,1-2H3,(H,24,26)/t20-/m0/s1. The number of aryl methyl sites for hydroxylation is 1. The van der Waals surface area contributed by atoms with Crippen molar-refractivity contribution in [1.82, 2.24) is 9.88 Å². The van der Waals surface area contributed by atoms with Gasteiger partial charge in [0.15, 0.2) is 0 Å². The number of amides is 1. The summed E-state index contributed by atoms with van der Waals surface area (Å²) in [6.07, 6.45) is 2.27. The maximum atomic E-state index is 12.6. The first-order valence-corrected chi connectivity index (χ1v) is 9.66. The molecule has 27 heavy (non-hydrogen) atoms. The summed E-state index contributed by atoms with van der Waals surface area (Å²) in [6, 6.07) is 16.5. The van der Waals surface area contributed by atoms with Gasteiger partial charge in [0.05, 0.1) is 6.10 Å². The molecule has 0 unspecified atom stereocenters. The third-order valence-electron chi connectivity index (χ3n) is 5.60. The molecule has 2 heterocycles. The van der Waals surface area contributed by atoms with E-state index in [1.807, 2.05) is 18.2 Å². The molecule has 3 aromatic rings. The monoisotopic (exact) mass is 362 g/mol. The average Bonchev–Trinajstić information content (AvgIpc) is 3.30. The highest BCUT2D eigenvalue weighted by molar-refractivity contribution is 5.99. The van der Waals surface area contributed by atoms with Gasteiger partial charge in [-0.25, -0.2) is 0 Å². The summed E-state index contributed by atoms with van der Waals surface area (Å²) in [7, 11) is 0. The van der Waals surface area contributed by atoms with E-state index in [1.54, 1.807) is 0 Å². The maximum Gasteiger partial charge on any atom is 0.251 e. The van der Waals surface area contributed by atoms with E-state index >= 15 is 0 Å². The first-order valence-electron chi connectivity index (χ1n) is 9.66. The zero-order valence-electron chi connectivity index (χ0n) is 16.0. The van der Waals surface area contributed by atoms with E-state index in [9.17, 15) is 4.79 Å². The summed E-state index contributed by atoms with van der Waals surface area (Å²) in [5, 5.41) is 4.16. The summed E-state index contributed by atoms with van der Waals surface area (Å²) in [5.41, 5.74) is 5.63. The van der Waals surface area contributed by atoms with E-state index in [4.69, 9.17) is 4.74 Å². The van der Waals surface area contributed by atoms with Crippen molar-refractivity contribution in [2.75, 3.05) is 13.2 Å². The number of benzene rings is 2. The molecule has 0 radical (unpaired) electrons. The first-order chi connectivity index (χ1) is 13.1. The van der Waals surface area contributed by atoms with E-state index in [1.165, 1.54) is 22.3 Å². The van der Waals surface area contributed by atoms with Crippen molar-refractivity contribution in [2.24, 2.45) is 0 Å². The number of nitrogens with one attached hydrogen (secondary N) is 1. The third-order valence-corrected chi connectivity index (χ3v) is 5.60. The SMILES string of the molecule is Cc1c(C)n(Cc2ccccc2)c2ccc(C(=O)NC[C@@H]3CCCO3)cc12. The lowest BCUT2D eigenvalue weighted by Gasteiger charge is -2.11. The van der Waals surface area contributed by atoms with Crippen LogP contribution in [0, 0.1) is 13.8 Å². The van der Waals surface area contributed by atoms with Crippen molar-refractivity contribution >= 4 is 16.8 Å². The molecule has 4 heteroatoms. The Morgan fingerprint density at radius 3 is 2.74 bits per heavy atom. The average molecular weight is 362 g/mol. The van der Waals surface area contributed by atoms with Crippen LogP contribution in [-0.4, -0.2) is 29.7 Å². The second-order valence-electron chi connectivity index (χ2n) is 7.36. The highest BCUT2D eigenvalue weighted by atomic mass is 16.5. The van der Waals surface area contributed by atoms with Gasteiger partial charge < -0.3 is 14.6 Å². The Kier molecular flexibility index (Phi) is 4.99. The Bertz CT molecular complexity index is 953. The van der Waals surface area contributed by atoms with Gasteiger partial charge >= 0.3 is 0 Å². The van der Waals surface area contributed by atoms with Gasteiger partial charge in [-0.2, -0.15) is 0 Å². The van der Waals surface area contributed by atoms with Crippen LogP contribution in [0.3, 0.4) is 0 Å². The Labute approximate surface area is 160 Å². The Morgan fingerprint density at radius 1 is 1.19 bits per heavy atom. The molecule has 0 aliphatic carbocycles. The molecule has 4 nitrogen and oxygen atoms in total. The van der Waals surface area contributed by atoms with Crippen LogP contribution in [0.25, 0.3) is 10.9 Å². The highest BCUT2D eigenvalue weighted by Crippen LogP contribution is 2.27. The number of carbonyl (C=O) groups is 1. The van der Waals surface area contributed by atoms with E-state index in [2.05, 4.69) is 54.1 Å². The van der Waals surface area contributed by atoms with Gasteiger partial charge in [0.2, 0.25) is 0 Å². The molecular weight excluding hydrogens is 336 g/mol. The fraction of sp³-hybridized carbons (Fsp3) is 0.348. The fourth-order valence-electron chi connectivity index (χ4n) is 3.87. The van der Waals surface area contributed by atoms with Crippen molar-refractivity contribution in [3.63, 3.8) is 0 Å². The molecule has 4 rings (SSSR count). The molecule has 1 aliphatic rings. The number of nitrogens with zero attached hydrogens (tertiary/aromatic N) is 1. The smallest absolute Gasteiger partial charge is 0.251 e. The normalized spacial score (nSPS) is 16.7. The Hall–Kier alpha value is -2.59. The Morgan fingerprint density at radius 2 is 2.00 bits per heavy atom. The van der Waals surface area contributed by atoms with Gasteiger partial charge in [-0.15, -0.1) is 0 Å². The van der Waals surface area contributed by atoms with Gasteiger partial charge in [0, 0.05) is 41.9 Å². The second-order valence-corrected chi connectivity index (χ2v) is 7.36. The first kappa shape index (κ1) is 17.8. The number of aromatic nitrogens is 1. The van der Waals surface area contributed by atoms with Crippen LogP contribution in [0.2, 0.25) is 0 Å². The molecule has 140 valence electrons. The van der Waals surface area contributed by atoms with E-state index in [-0.39, 0.29) is 12.0 Å². The van der Waals surface area contributed by atoms with E-state index < -0.39 is 0 Å². The van der Waals surface area contributed by atoms with Crippen molar-refractivity contribution in [2.45, 2.75) is 39.3 Å². The molecule has 1 aromatic heterocycles. The lowest BCUT2D eigenvalue weighted by molar-refractivity contribution is 0.0858. The van der Waals surface area contributed by atoms with Crippen molar-refractivity contribution in [3.05, 3.63) is 70.9 Å². The van der Waals surface area contributed by atoms with Gasteiger partial charge in [0.1, 0.15) is 0 Å². The van der Waals surface area contributed by atoms with Crippen molar-refractivity contribution in [1.29, 1.82) is 0 Å². The number of hydrogen-bond donors (Lipinski definition) is 1. The summed E-state index contributed by atoms with van der Waals surface area (Å²) in [5.74, 6) is -0.0275. The zero-order valence-corrected chi connectivity index (χ0v) is 16.0. The minimum Gasteiger partial charge on any atom is -0.376 e. The topological polar surface area (TPSA) is 43.3 Å². The van der Waals surface area contributed by atoms with Gasteiger partial charge in [0.25, 0.3) is 5.91 Å². The molecule has 2 aromatic carbocycles. The molecule has 1 aliphatic heterocycles. The summed E-state index contributed by atoms with van der Waals surface area (Å²) in [4.78, 5) is 12.6. The predicted molar refractivity (Wildman–Crippen MR) is 108 cm³/mol. The maximum absolute atomic E-state index is 12.6. The van der Waals surface area contributed by atoms with Crippen LogP contribution in [-0.2, 0) is 11.3 Å². The summed E-state index contributed by atoms with van der Waals surface area (Å²) >= 11 is 0. The summed E-state index contributed by atoms with van der Waals surface area (Å²) in [6.45, 7) is 6.51. The van der Waals surface area contributed by atoms with Crippen molar-refractivity contribution < 1.29 is 9.53 Å². The number of hydrogen-bond acceptors (Lipinski definition) is 2. The number of rotatable bonds is 5. The number of ether oxygens (including phenoxy) is 1. The quantitative estimate of drug-likeness (QED) is 0.739. The van der Waals surface area contributed by atoms with Crippen LogP contribution in [0.5, 0.6) is 0 Å². The molecule has 1 fully saturated rings.